The number of hydrogen-bond donors (Lipinski definition) is 1. The molecule has 1 aromatic carbocycles. The third-order valence-electron chi connectivity index (χ3n) is 3.02. The maximum absolute atomic E-state index is 13.9. The molecule has 0 aliphatic rings. The van der Waals surface area contributed by atoms with E-state index in [0.717, 1.165) is 11.3 Å². The number of pyridine rings is 1. The summed E-state index contributed by atoms with van der Waals surface area (Å²) in [7, 11) is 1.59. The summed E-state index contributed by atoms with van der Waals surface area (Å²) in [5.74, 6) is 0.526. The highest BCUT2D eigenvalue weighted by molar-refractivity contribution is 5.30. The fraction of sp³-hybridized carbons (Fsp3) is 0.312. The van der Waals surface area contributed by atoms with E-state index >= 15 is 0 Å². The summed E-state index contributed by atoms with van der Waals surface area (Å²) in [5.41, 5.74) is 7.83. The van der Waals surface area contributed by atoms with Crippen LogP contribution in [-0.4, -0.2) is 18.6 Å². The van der Waals surface area contributed by atoms with Crippen molar-refractivity contribution in [3.63, 3.8) is 0 Å². The van der Waals surface area contributed by atoms with E-state index in [1.165, 1.54) is 6.07 Å². The number of ether oxygens (including phenoxy) is 2. The highest BCUT2D eigenvalue weighted by Crippen LogP contribution is 2.21. The van der Waals surface area contributed by atoms with Crippen molar-refractivity contribution in [1.29, 1.82) is 0 Å². The molecule has 0 atom stereocenters. The zero-order chi connectivity index (χ0) is 15.2. The van der Waals surface area contributed by atoms with Crippen molar-refractivity contribution in [3.8, 4) is 11.5 Å². The van der Waals surface area contributed by atoms with Gasteiger partial charge in [-0.3, -0.25) is 4.98 Å². The average Bonchev–Trinajstić information content (AvgIpc) is 2.46. The van der Waals surface area contributed by atoms with E-state index in [-0.39, 0.29) is 18.2 Å². The van der Waals surface area contributed by atoms with Crippen LogP contribution in [0.2, 0.25) is 0 Å². The number of rotatable bonds is 6. The Bertz CT molecular complexity index is 617. The Morgan fingerprint density at radius 3 is 2.71 bits per heavy atom. The van der Waals surface area contributed by atoms with E-state index in [1.54, 1.807) is 19.2 Å². The van der Waals surface area contributed by atoms with Gasteiger partial charge in [-0.1, -0.05) is 6.07 Å². The van der Waals surface area contributed by atoms with Gasteiger partial charge in [-0.15, -0.1) is 0 Å². The molecule has 4 nitrogen and oxygen atoms in total. The molecule has 2 N–H and O–H groups in total. The molecule has 0 unspecified atom stereocenters. The molecule has 1 heterocycles. The van der Waals surface area contributed by atoms with E-state index in [9.17, 15) is 4.39 Å². The van der Waals surface area contributed by atoms with Crippen molar-refractivity contribution >= 4 is 0 Å². The lowest BCUT2D eigenvalue weighted by molar-refractivity contribution is 0.284. The van der Waals surface area contributed by atoms with Crippen LogP contribution in [0.5, 0.6) is 11.5 Å². The second-order valence-corrected chi connectivity index (χ2v) is 4.73. The molecule has 0 radical (unpaired) electrons. The van der Waals surface area contributed by atoms with Gasteiger partial charge in [0.1, 0.15) is 12.4 Å². The monoisotopic (exact) mass is 290 g/mol. The second kappa shape index (κ2) is 7.04. The minimum absolute atomic E-state index is 0.186. The Balaban J connectivity index is 2.07. The standard InChI is InChI=1S/C16H19FN2O2/c1-11-7-14(20-2)9-13(19-11)10-21-16-4-3-12(5-6-18)8-15(16)17/h3-4,7-9H,5-6,10,18H2,1-2H3. The van der Waals surface area contributed by atoms with Crippen LogP contribution in [0.1, 0.15) is 17.0 Å². The lowest BCUT2D eigenvalue weighted by Crippen LogP contribution is -2.04. The zero-order valence-electron chi connectivity index (χ0n) is 12.2. The Labute approximate surface area is 123 Å². The Hall–Kier alpha value is -2.14. The summed E-state index contributed by atoms with van der Waals surface area (Å²) in [4.78, 5) is 4.33. The summed E-state index contributed by atoms with van der Waals surface area (Å²) in [6.07, 6.45) is 0.647. The van der Waals surface area contributed by atoms with E-state index < -0.39 is 0 Å². The second-order valence-electron chi connectivity index (χ2n) is 4.73. The fourth-order valence-corrected chi connectivity index (χ4v) is 2.03. The molecule has 2 rings (SSSR count). The van der Waals surface area contributed by atoms with E-state index in [4.69, 9.17) is 15.2 Å². The summed E-state index contributed by atoms with van der Waals surface area (Å²) in [5, 5.41) is 0. The molecular weight excluding hydrogens is 271 g/mol. The number of methoxy groups -OCH3 is 1. The smallest absolute Gasteiger partial charge is 0.165 e. The van der Waals surface area contributed by atoms with Crippen LogP contribution < -0.4 is 15.2 Å². The molecular formula is C16H19FN2O2. The number of hydrogen-bond acceptors (Lipinski definition) is 4. The fourth-order valence-electron chi connectivity index (χ4n) is 2.03. The first-order chi connectivity index (χ1) is 10.1. The van der Waals surface area contributed by atoms with Crippen LogP contribution in [0.25, 0.3) is 0 Å². The largest absolute Gasteiger partial charge is 0.497 e. The Kier molecular flexibility index (Phi) is 5.11. The van der Waals surface area contributed by atoms with Crippen molar-refractivity contribution < 1.29 is 13.9 Å². The van der Waals surface area contributed by atoms with Gasteiger partial charge >= 0.3 is 0 Å². The molecule has 0 aliphatic carbocycles. The highest BCUT2D eigenvalue weighted by atomic mass is 19.1. The van der Waals surface area contributed by atoms with E-state index in [1.807, 2.05) is 19.1 Å². The zero-order valence-corrected chi connectivity index (χ0v) is 12.2. The molecule has 0 aliphatic heterocycles. The van der Waals surface area contributed by atoms with Crippen LogP contribution in [0, 0.1) is 12.7 Å². The van der Waals surface area contributed by atoms with Crippen LogP contribution >= 0.6 is 0 Å². The third-order valence-corrected chi connectivity index (χ3v) is 3.02. The van der Waals surface area contributed by atoms with Gasteiger partial charge in [0, 0.05) is 17.8 Å². The molecule has 0 spiro atoms. The number of benzene rings is 1. The first kappa shape index (κ1) is 15.3. The molecule has 112 valence electrons. The van der Waals surface area contributed by atoms with Crippen LogP contribution in [0.3, 0.4) is 0 Å². The summed E-state index contributed by atoms with van der Waals surface area (Å²) < 4.78 is 24.5. The van der Waals surface area contributed by atoms with Gasteiger partial charge in [0.05, 0.1) is 12.8 Å². The van der Waals surface area contributed by atoms with Crippen LogP contribution in [-0.2, 0) is 13.0 Å². The van der Waals surface area contributed by atoms with Gasteiger partial charge in [-0.05, 0) is 37.6 Å². The van der Waals surface area contributed by atoms with Crippen molar-refractivity contribution in [2.75, 3.05) is 13.7 Å². The summed E-state index contributed by atoms with van der Waals surface area (Å²) in [6, 6.07) is 8.48. The van der Waals surface area contributed by atoms with Gasteiger partial charge < -0.3 is 15.2 Å². The molecule has 5 heteroatoms. The van der Waals surface area contributed by atoms with Gasteiger partial charge in [0.2, 0.25) is 0 Å². The van der Waals surface area contributed by atoms with E-state index in [0.29, 0.717) is 24.4 Å². The third kappa shape index (κ3) is 4.16. The Morgan fingerprint density at radius 2 is 2.05 bits per heavy atom. The first-order valence-electron chi connectivity index (χ1n) is 6.75. The molecule has 21 heavy (non-hydrogen) atoms. The minimum atomic E-state index is -0.388. The van der Waals surface area contributed by atoms with Gasteiger partial charge in [-0.2, -0.15) is 0 Å². The summed E-state index contributed by atoms with van der Waals surface area (Å²) in [6.45, 7) is 2.55. The minimum Gasteiger partial charge on any atom is -0.497 e. The highest BCUT2D eigenvalue weighted by Gasteiger charge is 2.07. The molecule has 2 aromatic rings. The number of aryl methyl sites for hydroxylation is 1. The predicted octanol–water partition coefficient (Wildman–Crippen LogP) is 2.62. The van der Waals surface area contributed by atoms with Crippen molar-refractivity contribution in [2.24, 2.45) is 5.73 Å². The van der Waals surface area contributed by atoms with Gasteiger partial charge in [-0.25, -0.2) is 4.39 Å². The van der Waals surface area contributed by atoms with Crippen molar-refractivity contribution in [2.45, 2.75) is 20.0 Å². The van der Waals surface area contributed by atoms with Crippen LogP contribution in [0.4, 0.5) is 4.39 Å². The SMILES string of the molecule is COc1cc(C)nc(COc2ccc(CCN)cc2F)c1. The Morgan fingerprint density at radius 1 is 1.24 bits per heavy atom. The number of nitrogens with two attached hydrogens (primary N) is 1. The number of nitrogens with zero attached hydrogens (tertiary/aromatic N) is 1. The topological polar surface area (TPSA) is 57.4 Å². The molecule has 0 saturated heterocycles. The average molecular weight is 290 g/mol. The van der Waals surface area contributed by atoms with E-state index in [2.05, 4.69) is 4.98 Å². The number of halogens is 1. The molecule has 0 saturated carbocycles. The molecule has 0 bridgehead atoms. The molecule has 0 fully saturated rings. The lowest BCUT2D eigenvalue weighted by Gasteiger charge is -2.10. The number of aromatic nitrogens is 1. The first-order valence-corrected chi connectivity index (χ1v) is 6.75. The van der Waals surface area contributed by atoms with Crippen molar-refractivity contribution in [1.82, 2.24) is 4.98 Å². The normalized spacial score (nSPS) is 10.5. The lowest BCUT2D eigenvalue weighted by atomic mass is 10.1. The van der Waals surface area contributed by atoms with Crippen molar-refractivity contribution in [3.05, 3.63) is 53.1 Å². The molecule has 1 aromatic heterocycles. The summed E-state index contributed by atoms with van der Waals surface area (Å²) >= 11 is 0. The van der Waals surface area contributed by atoms with Gasteiger partial charge in [0.25, 0.3) is 0 Å². The predicted molar refractivity (Wildman–Crippen MR) is 79.0 cm³/mol. The maximum atomic E-state index is 13.9. The maximum Gasteiger partial charge on any atom is 0.165 e. The molecule has 0 amide bonds. The van der Waals surface area contributed by atoms with Crippen LogP contribution in [0.15, 0.2) is 30.3 Å². The quantitative estimate of drug-likeness (QED) is 0.888. The van der Waals surface area contributed by atoms with Gasteiger partial charge in [0.15, 0.2) is 11.6 Å².